The van der Waals surface area contributed by atoms with Crippen LogP contribution in [0.15, 0.2) is 36.5 Å². The summed E-state index contributed by atoms with van der Waals surface area (Å²) in [5.74, 6) is -1.86. The van der Waals surface area contributed by atoms with Gasteiger partial charge in [0.2, 0.25) is 0 Å². The van der Waals surface area contributed by atoms with Crippen molar-refractivity contribution >= 4 is 23.5 Å². The summed E-state index contributed by atoms with van der Waals surface area (Å²) in [7, 11) is 2.91. The molecule has 0 saturated heterocycles. The summed E-state index contributed by atoms with van der Waals surface area (Å²) < 4.78 is 10.9. The molecule has 8 nitrogen and oxygen atoms in total. The summed E-state index contributed by atoms with van der Waals surface area (Å²) >= 11 is 0. The fourth-order valence-corrected chi connectivity index (χ4v) is 1.80. The normalized spacial score (nSPS) is 10.0. The first-order chi connectivity index (χ1) is 11.0. The summed E-state index contributed by atoms with van der Waals surface area (Å²) in [5, 5.41) is 6.37. The number of rotatable bonds is 5. The number of nitrogens with one attached hydrogen (secondary N) is 1. The van der Waals surface area contributed by atoms with E-state index in [9.17, 15) is 14.4 Å². The number of hydrogen-bond acceptors (Lipinski definition) is 6. The summed E-state index contributed by atoms with van der Waals surface area (Å²) in [4.78, 5) is 35.1. The zero-order valence-corrected chi connectivity index (χ0v) is 12.6. The highest BCUT2D eigenvalue weighted by Gasteiger charge is 2.16. The van der Waals surface area contributed by atoms with E-state index in [2.05, 4.69) is 15.2 Å². The van der Waals surface area contributed by atoms with E-state index in [-0.39, 0.29) is 16.9 Å². The second-order valence-corrected chi connectivity index (χ2v) is 4.54. The maximum absolute atomic E-state index is 11.9. The fourth-order valence-electron chi connectivity index (χ4n) is 1.80. The maximum Gasteiger partial charge on any atom is 0.359 e. The van der Waals surface area contributed by atoms with Gasteiger partial charge >= 0.3 is 11.9 Å². The Bertz CT molecular complexity index is 738. The standard InChI is InChI=1S/C15H15N3O5/c1-18-8-7-12(17-18)15(21)23-9-13(19)16-11-6-4-3-5-10(11)14(20)22-2/h3-8H,9H2,1-2H3,(H,16,19). The first kappa shape index (κ1) is 16.2. The van der Waals surface area contributed by atoms with Crippen molar-refractivity contribution in [3.63, 3.8) is 0 Å². The lowest BCUT2D eigenvalue weighted by atomic mass is 10.2. The lowest BCUT2D eigenvalue weighted by Crippen LogP contribution is -2.22. The predicted octanol–water partition coefficient (Wildman–Crippen LogP) is 1.00. The van der Waals surface area contributed by atoms with Gasteiger partial charge in [0.1, 0.15) is 0 Å². The summed E-state index contributed by atoms with van der Waals surface area (Å²) in [5.41, 5.74) is 0.591. The van der Waals surface area contributed by atoms with Crippen molar-refractivity contribution in [3.05, 3.63) is 47.8 Å². The number of esters is 2. The average Bonchev–Trinajstić information content (AvgIpc) is 2.99. The van der Waals surface area contributed by atoms with E-state index in [1.807, 2.05) is 0 Å². The van der Waals surface area contributed by atoms with Gasteiger partial charge in [0.15, 0.2) is 12.3 Å². The molecule has 1 aromatic heterocycles. The Morgan fingerprint density at radius 3 is 2.57 bits per heavy atom. The van der Waals surface area contributed by atoms with Gasteiger partial charge in [-0.25, -0.2) is 9.59 Å². The Labute approximate surface area is 132 Å². The molecule has 0 saturated carbocycles. The number of methoxy groups -OCH3 is 1. The molecule has 1 aromatic carbocycles. The molecule has 1 amide bonds. The third-order valence-electron chi connectivity index (χ3n) is 2.86. The Balaban J connectivity index is 1.95. The van der Waals surface area contributed by atoms with Crippen LogP contribution in [0.2, 0.25) is 0 Å². The topological polar surface area (TPSA) is 99.5 Å². The van der Waals surface area contributed by atoms with Gasteiger partial charge in [-0.2, -0.15) is 5.10 Å². The summed E-state index contributed by atoms with van der Waals surface area (Å²) in [6, 6.07) is 7.84. The van der Waals surface area contributed by atoms with Crippen molar-refractivity contribution in [2.45, 2.75) is 0 Å². The number of hydrogen-bond donors (Lipinski definition) is 1. The van der Waals surface area contributed by atoms with E-state index < -0.39 is 24.5 Å². The quantitative estimate of drug-likeness (QED) is 0.826. The first-order valence-electron chi connectivity index (χ1n) is 6.65. The molecule has 23 heavy (non-hydrogen) atoms. The molecule has 0 bridgehead atoms. The van der Waals surface area contributed by atoms with E-state index in [1.54, 1.807) is 31.4 Å². The van der Waals surface area contributed by atoms with Crippen LogP contribution in [0.25, 0.3) is 0 Å². The summed E-state index contributed by atoms with van der Waals surface area (Å²) in [6.07, 6.45) is 1.59. The van der Waals surface area contributed by atoms with Crippen LogP contribution in [0.4, 0.5) is 5.69 Å². The number of carbonyl (C=O) groups is 3. The van der Waals surface area contributed by atoms with Crippen molar-refractivity contribution in [2.24, 2.45) is 7.05 Å². The van der Waals surface area contributed by atoms with Crippen LogP contribution in [-0.4, -0.2) is 41.3 Å². The number of ether oxygens (including phenoxy) is 2. The number of aromatic nitrogens is 2. The smallest absolute Gasteiger partial charge is 0.359 e. The van der Waals surface area contributed by atoms with Gasteiger partial charge in [-0.15, -0.1) is 0 Å². The van der Waals surface area contributed by atoms with E-state index in [1.165, 1.54) is 23.9 Å². The van der Waals surface area contributed by atoms with Crippen molar-refractivity contribution in [1.29, 1.82) is 0 Å². The van der Waals surface area contributed by atoms with Gasteiger partial charge in [0, 0.05) is 13.2 Å². The van der Waals surface area contributed by atoms with Crippen LogP contribution in [-0.2, 0) is 21.3 Å². The van der Waals surface area contributed by atoms with Crippen molar-refractivity contribution in [1.82, 2.24) is 9.78 Å². The Kier molecular flexibility index (Phi) is 5.08. The minimum absolute atomic E-state index is 0.107. The second kappa shape index (κ2) is 7.21. The molecular formula is C15H15N3O5. The average molecular weight is 317 g/mol. The monoisotopic (exact) mass is 317 g/mol. The SMILES string of the molecule is COC(=O)c1ccccc1NC(=O)COC(=O)c1ccn(C)n1. The molecule has 0 fully saturated rings. The van der Waals surface area contributed by atoms with Gasteiger partial charge in [-0.05, 0) is 18.2 Å². The largest absolute Gasteiger partial charge is 0.465 e. The van der Waals surface area contributed by atoms with Gasteiger partial charge < -0.3 is 14.8 Å². The lowest BCUT2D eigenvalue weighted by molar-refractivity contribution is -0.119. The number of aryl methyl sites for hydroxylation is 1. The third-order valence-corrected chi connectivity index (χ3v) is 2.86. The van der Waals surface area contributed by atoms with Crippen LogP contribution in [0.3, 0.4) is 0 Å². The third kappa shape index (κ3) is 4.16. The molecule has 120 valence electrons. The van der Waals surface area contributed by atoms with E-state index >= 15 is 0 Å². The van der Waals surface area contributed by atoms with Gasteiger partial charge in [-0.1, -0.05) is 12.1 Å². The molecule has 0 spiro atoms. The lowest BCUT2D eigenvalue weighted by Gasteiger charge is -2.09. The molecular weight excluding hydrogens is 302 g/mol. The van der Waals surface area contributed by atoms with E-state index in [4.69, 9.17) is 4.74 Å². The van der Waals surface area contributed by atoms with Gasteiger partial charge in [-0.3, -0.25) is 9.48 Å². The molecule has 0 aliphatic carbocycles. The second-order valence-electron chi connectivity index (χ2n) is 4.54. The van der Waals surface area contributed by atoms with Crippen LogP contribution < -0.4 is 5.32 Å². The highest BCUT2D eigenvalue weighted by Crippen LogP contribution is 2.15. The van der Waals surface area contributed by atoms with Crippen LogP contribution in [0.1, 0.15) is 20.8 Å². The van der Waals surface area contributed by atoms with E-state index in [0.717, 1.165) is 0 Å². The number of para-hydroxylation sites is 1. The van der Waals surface area contributed by atoms with Gasteiger partial charge in [0.25, 0.3) is 5.91 Å². The summed E-state index contributed by atoms with van der Waals surface area (Å²) in [6.45, 7) is -0.495. The molecule has 1 N–H and O–H groups in total. The number of anilines is 1. The molecule has 0 aliphatic heterocycles. The van der Waals surface area contributed by atoms with Crippen molar-refractivity contribution < 1.29 is 23.9 Å². The van der Waals surface area contributed by atoms with Crippen LogP contribution >= 0.6 is 0 Å². The fraction of sp³-hybridized carbons (Fsp3) is 0.200. The zero-order valence-electron chi connectivity index (χ0n) is 12.6. The molecule has 1 heterocycles. The van der Waals surface area contributed by atoms with Crippen molar-refractivity contribution in [3.8, 4) is 0 Å². The molecule has 0 atom stereocenters. The Morgan fingerprint density at radius 1 is 1.17 bits per heavy atom. The highest BCUT2D eigenvalue weighted by atomic mass is 16.5. The highest BCUT2D eigenvalue weighted by molar-refractivity contribution is 6.02. The zero-order chi connectivity index (χ0) is 16.8. The molecule has 0 unspecified atom stereocenters. The Morgan fingerprint density at radius 2 is 1.91 bits per heavy atom. The predicted molar refractivity (Wildman–Crippen MR) is 79.9 cm³/mol. The number of carbonyl (C=O) groups excluding carboxylic acids is 3. The van der Waals surface area contributed by atoms with Crippen molar-refractivity contribution in [2.75, 3.05) is 19.0 Å². The van der Waals surface area contributed by atoms with Crippen LogP contribution in [0, 0.1) is 0 Å². The van der Waals surface area contributed by atoms with Crippen LogP contribution in [0.5, 0.6) is 0 Å². The molecule has 0 radical (unpaired) electrons. The Hall–Kier alpha value is -3.16. The minimum atomic E-state index is -0.706. The first-order valence-corrected chi connectivity index (χ1v) is 6.65. The number of nitrogens with zero attached hydrogens (tertiary/aromatic N) is 2. The maximum atomic E-state index is 11.9. The number of benzene rings is 1. The molecule has 2 aromatic rings. The minimum Gasteiger partial charge on any atom is -0.465 e. The molecule has 2 rings (SSSR count). The van der Waals surface area contributed by atoms with E-state index in [0.29, 0.717) is 0 Å². The van der Waals surface area contributed by atoms with Gasteiger partial charge in [0.05, 0.1) is 18.4 Å². The molecule has 0 aliphatic rings. The molecule has 8 heteroatoms. The number of amides is 1.